The van der Waals surface area contributed by atoms with Gasteiger partial charge in [0.2, 0.25) is 0 Å². The Hall–Kier alpha value is -2.35. The van der Waals surface area contributed by atoms with Crippen LogP contribution in [0.1, 0.15) is 22.4 Å². The highest BCUT2D eigenvalue weighted by Gasteiger charge is 2.31. The Balaban J connectivity index is 1.77. The first-order chi connectivity index (χ1) is 9.24. The lowest BCUT2D eigenvalue weighted by Crippen LogP contribution is -2.15. The topological polar surface area (TPSA) is 81.4 Å². The molecule has 0 saturated carbocycles. The van der Waals surface area contributed by atoms with E-state index in [1.807, 2.05) is 0 Å². The molecule has 0 radical (unpaired) electrons. The van der Waals surface area contributed by atoms with Crippen molar-refractivity contribution in [3.8, 4) is 0 Å². The zero-order valence-electron chi connectivity index (χ0n) is 9.55. The molecule has 1 unspecified atom stereocenters. The third-order valence-electron chi connectivity index (χ3n) is 2.47. The standard InChI is InChI=1S/C12H9NO6/c14-11(15)8-3-1-4-9(7-8)13-17-12(18-19-13)10-5-2-6-16-10/h1-7,12H,(H,14,15). The average Bonchev–Trinajstić information content (AvgIpc) is 3.09. The molecule has 98 valence electrons. The van der Waals surface area contributed by atoms with Crippen LogP contribution in [0, 0.1) is 0 Å². The molecule has 1 atom stereocenters. The fraction of sp³-hybridized carbons (Fsp3) is 0.0833. The van der Waals surface area contributed by atoms with Crippen molar-refractivity contribution in [2.24, 2.45) is 0 Å². The summed E-state index contributed by atoms with van der Waals surface area (Å²) in [7, 11) is 0. The Morgan fingerprint density at radius 3 is 2.89 bits per heavy atom. The van der Waals surface area contributed by atoms with E-state index < -0.39 is 12.3 Å². The van der Waals surface area contributed by atoms with Crippen LogP contribution in [0.4, 0.5) is 5.69 Å². The molecule has 2 heterocycles. The lowest BCUT2D eigenvalue weighted by molar-refractivity contribution is -0.289. The SMILES string of the molecule is O=C(O)c1cccc(N2OOC(c3ccco3)O2)c1. The number of aromatic carboxylic acids is 1. The lowest BCUT2D eigenvalue weighted by atomic mass is 10.2. The largest absolute Gasteiger partial charge is 0.478 e. The molecule has 0 aliphatic carbocycles. The zero-order valence-corrected chi connectivity index (χ0v) is 9.55. The molecular weight excluding hydrogens is 254 g/mol. The van der Waals surface area contributed by atoms with Gasteiger partial charge < -0.3 is 9.52 Å². The number of nitrogens with zero attached hydrogens (tertiary/aromatic N) is 1. The van der Waals surface area contributed by atoms with Crippen LogP contribution in [-0.4, -0.2) is 11.1 Å². The fourth-order valence-corrected chi connectivity index (χ4v) is 1.58. The molecule has 19 heavy (non-hydrogen) atoms. The molecular formula is C12H9NO6. The second kappa shape index (κ2) is 4.73. The molecule has 1 aromatic carbocycles. The minimum atomic E-state index is -1.04. The summed E-state index contributed by atoms with van der Waals surface area (Å²) in [5.41, 5.74) is 0.514. The third kappa shape index (κ3) is 2.29. The number of rotatable bonds is 3. The van der Waals surface area contributed by atoms with E-state index in [1.54, 1.807) is 24.3 Å². The van der Waals surface area contributed by atoms with E-state index in [0.29, 0.717) is 11.4 Å². The maximum atomic E-state index is 10.9. The van der Waals surface area contributed by atoms with Crippen LogP contribution in [0.2, 0.25) is 0 Å². The number of carboxylic acid groups (broad SMARTS) is 1. The van der Waals surface area contributed by atoms with Crippen molar-refractivity contribution in [2.45, 2.75) is 6.29 Å². The first kappa shape index (κ1) is 11.7. The summed E-state index contributed by atoms with van der Waals surface area (Å²) in [6, 6.07) is 9.43. The van der Waals surface area contributed by atoms with Crippen LogP contribution in [-0.2, 0) is 14.7 Å². The summed E-state index contributed by atoms with van der Waals surface area (Å²) in [4.78, 5) is 26.0. The summed E-state index contributed by atoms with van der Waals surface area (Å²) in [6.07, 6.45) is 0.652. The Bertz CT molecular complexity index is 582. The van der Waals surface area contributed by atoms with Gasteiger partial charge in [-0.25, -0.2) is 9.63 Å². The monoisotopic (exact) mass is 263 g/mol. The molecule has 1 saturated heterocycles. The smallest absolute Gasteiger partial charge is 0.335 e. The van der Waals surface area contributed by atoms with Crippen molar-refractivity contribution in [3.05, 3.63) is 54.0 Å². The molecule has 7 nitrogen and oxygen atoms in total. The highest BCUT2D eigenvalue weighted by molar-refractivity contribution is 5.88. The van der Waals surface area contributed by atoms with Crippen molar-refractivity contribution in [2.75, 3.05) is 5.23 Å². The Morgan fingerprint density at radius 1 is 1.26 bits per heavy atom. The van der Waals surface area contributed by atoms with E-state index in [-0.39, 0.29) is 5.56 Å². The highest BCUT2D eigenvalue weighted by Crippen LogP contribution is 2.31. The quantitative estimate of drug-likeness (QED) is 0.850. The third-order valence-corrected chi connectivity index (χ3v) is 2.47. The number of furan rings is 1. The predicted octanol–water partition coefficient (Wildman–Crippen LogP) is 2.29. The number of hydrogen-bond donors (Lipinski definition) is 1. The van der Waals surface area contributed by atoms with Gasteiger partial charge in [0.15, 0.2) is 5.76 Å². The summed E-state index contributed by atoms with van der Waals surface area (Å²) >= 11 is 0. The summed E-state index contributed by atoms with van der Waals surface area (Å²) in [6.45, 7) is 0. The number of hydrogen-bond acceptors (Lipinski definition) is 6. The number of carboxylic acids is 1. The average molecular weight is 263 g/mol. The van der Waals surface area contributed by atoms with Crippen LogP contribution < -0.4 is 5.23 Å². The van der Waals surface area contributed by atoms with Crippen molar-refractivity contribution in [1.82, 2.24) is 0 Å². The molecule has 2 aromatic rings. The van der Waals surface area contributed by atoms with Crippen molar-refractivity contribution in [1.29, 1.82) is 0 Å². The van der Waals surface area contributed by atoms with Gasteiger partial charge in [-0.2, -0.15) is 4.89 Å². The predicted molar refractivity (Wildman–Crippen MR) is 60.6 cm³/mol. The van der Waals surface area contributed by atoms with Gasteiger partial charge in [-0.3, -0.25) is 0 Å². The van der Waals surface area contributed by atoms with E-state index in [9.17, 15) is 4.79 Å². The number of anilines is 1. The van der Waals surface area contributed by atoms with Crippen LogP contribution in [0.15, 0.2) is 47.1 Å². The van der Waals surface area contributed by atoms with Gasteiger partial charge >= 0.3 is 5.97 Å². The maximum absolute atomic E-state index is 10.9. The van der Waals surface area contributed by atoms with Gasteiger partial charge in [0.05, 0.1) is 17.5 Å². The molecule has 1 N–H and O–H groups in total. The Kier molecular flexibility index (Phi) is 2.92. The van der Waals surface area contributed by atoms with Crippen LogP contribution in [0.5, 0.6) is 0 Å². The molecule has 3 rings (SSSR count). The minimum absolute atomic E-state index is 0.117. The molecule has 1 aromatic heterocycles. The second-order valence-corrected chi connectivity index (χ2v) is 3.74. The van der Waals surface area contributed by atoms with E-state index in [2.05, 4.69) is 0 Å². The number of benzene rings is 1. The van der Waals surface area contributed by atoms with E-state index in [1.165, 1.54) is 18.4 Å². The molecule has 1 fully saturated rings. The van der Waals surface area contributed by atoms with E-state index in [4.69, 9.17) is 24.2 Å². The van der Waals surface area contributed by atoms with Gasteiger partial charge in [0.25, 0.3) is 6.29 Å². The van der Waals surface area contributed by atoms with Gasteiger partial charge in [-0.05, 0) is 30.3 Å². The maximum Gasteiger partial charge on any atom is 0.335 e. The van der Waals surface area contributed by atoms with Crippen molar-refractivity contribution in [3.63, 3.8) is 0 Å². The second-order valence-electron chi connectivity index (χ2n) is 3.74. The van der Waals surface area contributed by atoms with Crippen molar-refractivity contribution >= 4 is 11.7 Å². The van der Waals surface area contributed by atoms with Crippen molar-refractivity contribution < 1.29 is 29.0 Å². The molecule has 0 amide bonds. The Labute approximate surface area is 107 Å². The number of carbonyl (C=O) groups is 1. The van der Waals surface area contributed by atoms with Gasteiger partial charge in [-0.1, -0.05) is 16.3 Å². The van der Waals surface area contributed by atoms with Crippen LogP contribution >= 0.6 is 0 Å². The van der Waals surface area contributed by atoms with Gasteiger partial charge in [0, 0.05) is 0 Å². The molecule has 1 aliphatic heterocycles. The van der Waals surface area contributed by atoms with Crippen LogP contribution in [0.25, 0.3) is 0 Å². The normalized spacial score (nSPS) is 18.7. The van der Waals surface area contributed by atoms with Gasteiger partial charge in [0.1, 0.15) is 0 Å². The van der Waals surface area contributed by atoms with E-state index in [0.717, 1.165) is 5.23 Å². The van der Waals surface area contributed by atoms with Crippen LogP contribution in [0.3, 0.4) is 0 Å². The summed E-state index contributed by atoms with van der Waals surface area (Å²) in [5, 5.41) is 9.89. The molecule has 7 heteroatoms. The molecule has 0 spiro atoms. The summed E-state index contributed by atoms with van der Waals surface area (Å²) < 4.78 is 5.11. The first-order valence-corrected chi connectivity index (χ1v) is 5.41. The molecule has 0 bridgehead atoms. The molecule has 1 aliphatic rings. The Morgan fingerprint density at radius 2 is 2.16 bits per heavy atom. The minimum Gasteiger partial charge on any atom is -0.478 e. The lowest BCUT2D eigenvalue weighted by Gasteiger charge is -2.11. The fourth-order valence-electron chi connectivity index (χ4n) is 1.58. The highest BCUT2D eigenvalue weighted by atomic mass is 17.4. The first-order valence-electron chi connectivity index (χ1n) is 5.41. The summed E-state index contributed by atoms with van der Waals surface area (Å²) in [5.74, 6) is -0.596. The van der Waals surface area contributed by atoms with E-state index >= 15 is 0 Å². The van der Waals surface area contributed by atoms with Gasteiger partial charge in [-0.15, -0.1) is 0 Å². The zero-order chi connectivity index (χ0) is 13.2.